The highest BCUT2D eigenvalue weighted by Gasteiger charge is 2.48. The number of fused-ring (bicyclic) bond motifs is 2. The lowest BCUT2D eigenvalue weighted by Crippen LogP contribution is -2.60. The number of nitrogens with zero attached hydrogens (tertiary/aromatic N) is 2. The molecule has 2 aromatic carbocycles. The van der Waals surface area contributed by atoms with Crippen molar-refractivity contribution in [3.05, 3.63) is 64.4 Å². The molecule has 5 rings (SSSR count). The van der Waals surface area contributed by atoms with Gasteiger partial charge < -0.3 is 21.1 Å². The molecule has 45 heavy (non-hydrogen) atoms. The summed E-state index contributed by atoms with van der Waals surface area (Å²) < 4.78 is 67.3. The SMILES string of the molecule is O=C(O)N[C@H](C(=O)Nc1cccc(F)c1CC[C@H]1CN[C@@H]2CCCS(=O)(=O)N1C2)C1(c2ccc(Cl)cc2)CCN([SH](=O)=O)CC1. The molecule has 0 spiro atoms. The number of carbonyl (C=O) groups excluding carboxylic acids is 1. The standard InChI is InChI=1S/C29H37ClFN5O7S2/c30-20-8-6-19(7-9-20)29(12-14-35(15-13-29)44(40)41)26(34-28(38)39)27(37)33-25-5-1-4-24(31)23(25)11-10-22-17-32-21-3-2-16-45(42,43)36(22)18-21/h1,4-9,21-22,26,32,34,44H,2-3,10-18H2,(H,33,37)(H,38,39)/t21-,22+,26-/m1/s1. The summed E-state index contributed by atoms with van der Waals surface area (Å²) in [5.74, 6) is -1.26. The van der Waals surface area contributed by atoms with E-state index in [1.54, 1.807) is 24.3 Å². The highest BCUT2D eigenvalue weighted by Crippen LogP contribution is 2.40. The van der Waals surface area contributed by atoms with E-state index in [9.17, 15) is 31.5 Å². The first-order valence-corrected chi connectivity index (χ1v) is 18.0. The first-order chi connectivity index (χ1) is 21.4. The van der Waals surface area contributed by atoms with Crippen LogP contribution in [0.15, 0.2) is 42.5 Å². The molecule has 16 heteroatoms. The minimum atomic E-state index is -3.45. The van der Waals surface area contributed by atoms with Gasteiger partial charge in [-0.2, -0.15) is 4.31 Å². The zero-order valence-electron chi connectivity index (χ0n) is 24.5. The number of nitrogens with one attached hydrogen (secondary N) is 3. The average Bonchev–Trinajstić information content (AvgIpc) is 3.11. The summed E-state index contributed by atoms with van der Waals surface area (Å²) in [5.41, 5.74) is -0.229. The maximum Gasteiger partial charge on any atom is 0.405 e. The molecule has 3 saturated heterocycles. The number of thiol groups is 1. The second-order valence-corrected chi connectivity index (χ2v) is 15.3. The third-order valence-corrected chi connectivity index (χ3v) is 12.3. The van der Waals surface area contributed by atoms with E-state index in [1.807, 2.05) is 0 Å². The average molecular weight is 686 g/mol. The molecule has 0 radical (unpaired) electrons. The molecule has 0 aromatic heterocycles. The van der Waals surface area contributed by atoms with Crippen LogP contribution in [0, 0.1) is 5.82 Å². The van der Waals surface area contributed by atoms with Gasteiger partial charge in [0.05, 0.1) is 5.75 Å². The topological polar surface area (TPSA) is 165 Å². The number of carboxylic acid groups (broad SMARTS) is 1. The quantitative estimate of drug-likeness (QED) is 0.251. The number of hydrogen-bond acceptors (Lipinski definition) is 7. The predicted octanol–water partition coefficient (Wildman–Crippen LogP) is 2.31. The summed E-state index contributed by atoms with van der Waals surface area (Å²) >= 11 is 6.11. The molecule has 1 unspecified atom stereocenters. The minimum absolute atomic E-state index is 0.0628. The number of sulfonamides is 1. The highest BCUT2D eigenvalue weighted by atomic mass is 35.5. The van der Waals surface area contributed by atoms with Gasteiger partial charge in [-0.3, -0.25) is 4.79 Å². The number of piperazine rings is 1. The van der Waals surface area contributed by atoms with Crippen LogP contribution < -0.4 is 16.0 Å². The summed E-state index contributed by atoms with van der Waals surface area (Å²) in [6.07, 6.45) is 0.569. The zero-order valence-corrected chi connectivity index (χ0v) is 26.9. The molecule has 246 valence electrons. The Kier molecular flexibility index (Phi) is 10.4. The molecule has 2 bridgehead atoms. The van der Waals surface area contributed by atoms with Gasteiger partial charge >= 0.3 is 6.09 Å². The Morgan fingerprint density at radius 2 is 1.87 bits per heavy atom. The number of anilines is 1. The fourth-order valence-corrected chi connectivity index (χ4v) is 9.31. The normalized spacial score (nSPS) is 25.2. The number of hydrogen-bond donors (Lipinski definition) is 5. The number of piperidine rings is 1. The Hall–Kier alpha value is -2.82. The smallest absolute Gasteiger partial charge is 0.405 e. The third kappa shape index (κ3) is 7.44. The Balaban J connectivity index is 1.42. The number of amides is 2. The van der Waals surface area contributed by atoms with E-state index in [1.165, 1.54) is 26.8 Å². The molecule has 3 fully saturated rings. The van der Waals surface area contributed by atoms with Crippen LogP contribution >= 0.6 is 11.6 Å². The molecule has 4 N–H and O–H groups in total. The fourth-order valence-electron chi connectivity index (χ4n) is 6.85. The fraction of sp³-hybridized carbons (Fsp3) is 0.517. The second kappa shape index (κ2) is 13.9. The Morgan fingerprint density at radius 1 is 1.16 bits per heavy atom. The van der Waals surface area contributed by atoms with Gasteiger partial charge in [0.25, 0.3) is 0 Å². The maximum absolute atomic E-state index is 15.3. The summed E-state index contributed by atoms with van der Waals surface area (Å²) in [5, 5.41) is 18.7. The number of halogens is 2. The molecular weight excluding hydrogens is 649 g/mol. The van der Waals surface area contributed by atoms with Gasteiger partial charge in [-0.05, 0) is 68.4 Å². The molecule has 12 nitrogen and oxygen atoms in total. The summed E-state index contributed by atoms with van der Waals surface area (Å²) in [4.78, 5) is 26.1. The van der Waals surface area contributed by atoms with Crippen LogP contribution in [0.25, 0.3) is 0 Å². The van der Waals surface area contributed by atoms with Crippen molar-refractivity contribution in [1.29, 1.82) is 0 Å². The Morgan fingerprint density at radius 3 is 2.53 bits per heavy atom. The molecular formula is C29H37ClFN5O7S2. The maximum atomic E-state index is 15.3. The summed E-state index contributed by atoms with van der Waals surface area (Å²) in [7, 11) is -6.32. The summed E-state index contributed by atoms with van der Waals surface area (Å²) in [6.45, 7) is 0.919. The highest BCUT2D eigenvalue weighted by molar-refractivity contribution is 7.89. The first-order valence-electron chi connectivity index (χ1n) is 14.9. The molecule has 0 aliphatic carbocycles. The van der Waals surface area contributed by atoms with Crippen molar-refractivity contribution in [3.63, 3.8) is 0 Å². The van der Waals surface area contributed by atoms with Gasteiger partial charge in [-0.25, -0.2) is 30.3 Å². The molecule has 4 atom stereocenters. The largest absolute Gasteiger partial charge is 0.465 e. The van der Waals surface area contributed by atoms with Crippen molar-refractivity contribution < 1.29 is 35.9 Å². The second-order valence-electron chi connectivity index (χ2n) is 11.8. The summed E-state index contributed by atoms with van der Waals surface area (Å²) in [6, 6.07) is 9.13. The van der Waals surface area contributed by atoms with Gasteiger partial charge in [0.15, 0.2) is 0 Å². The van der Waals surface area contributed by atoms with Crippen LogP contribution in [0.5, 0.6) is 0 Å². The molecule has 3 aliphatic heterocycles. The van der Waals surface area contributed by atoms with E-state index in [2.05, 4.69) is 16.0 Å². The van der Waals surface area contributed by atoms with Crippen LogP contribution in [0.1, 0.15) is 43.2 Å². The van der Waals surface area contributed by atoms with Gasteiger partial charge in [-0.15, -0.1) is 0 Å². The molecule has 2 aromatic rings. The Labute approximate surface area is 268 Å². The molecule has 3 heterocycles. The molecule has 2 amide bonds. The zero-order chi connectivity index (χ0) is 32.4. The van der Waals surface area contributed by atoms with Crippen LogP contribution in [-0.2, 0) is 37.5 Å². The van der Waals surface area contributed by atoms with Crippen LogP contribution in [-0.4, -0.2) is 92.6 Å². The lowest BCUT2D eigenvalue weighted by Gasteiger charge is -2.45. The van der Waals surface area contributed by atoms with Crippen molar-refractivity contribution in [2.45, 2.75) is 62.1 Å². The van der Waals surface area contributed by atoms with Gasteiger partial charge in [0.2, 0.25) is 26.8 Å². The van der Waals surface area contributed by atoms with E-state index >= 15 is 4.39 Å². The monoisotopic (exact) mass is 685 g/mol. The van der Waals surface area contributed by atoms with Crippen molar-refractivity contribution >= 4 is 50.2 Å². The van der Waals surface area contributed by atoms with Crippen LogP contribution in [0.2, 0.25) is 5.02 Å². The van der Waals surface area contributed by atoms with Crippen LogP contribution in [0.4, 0.5) is 14.9 Å². The predicted molar refractivity (Wildman–Crippen MR) is 168 cm³/mol. The number of rotatable bonds is 9. The van der Waals surface area contributed by atoms with Crippen molar-refractivity contribution in [3.8, 4) is 0 Å². The first kappa shape index (κ1) is 33.5. The Bertz CT molecular complexity index is 1590. The minimum Gasteiger partial charge on any atom is -0.465 e. The van der Waals surface area contributed by atoms with E-state index in [-0.39, 0.29) is 61.4 Å². The lowest BCUT2D eigenvalue weighted by molar-refractivity contribution is -0.120. The van der Waals surface area contributed by atoms with Gasteiger partial charge in [0.1, 0.15) is 11.9 Å². The number of benzene rings is 2. The van der Waals surface area contributed by atoms with Crippen molar-refractivity contribution in [1.82, 2.24) is 19.2 Å². The lowest BCUT2D eigenvalue weighted by atomic mass is 9.67. The van der Waals surface area contributed by atoms with Crippen LogP contribution in [0.3, 0.4) is 0 Å². The van der Waals surface area contributed by atoms with E-state index in [0.717, 1.165) is 6.42 Å². The van der Waals surface area contributed by atoms with Crippen molar-refractivity contribution in [2.75, 3.05) is 37.2 Å². The van der Waals surface area contributed by atoms with E-state index < -0.39 is 50.2 Å². The third-order valence-electron chi connectivity index (χ3n) is 9.23. The molecule has 3 aliphatic rings. The molecule has 0 saturated carbocycles. The van der Waals surface area contributed by atoms with E-state index in [0.29, 0.717) is 36.5 Å². The van der Waals surface area contributed by atoms with Crippen molar-refractivity contribution in [2.24, 2.45) is 0 Å². The van der Waals surface area contributed by atoms with Gasteiger partial charge in [0, 0.05) is 60.0 Å². The number of carbonyl (C=O) groups is 2. The van der Waals surface area contributed by atoms with E-state index in [4.69, 9.17) is 11.6 Å². The van der Waals surface area contributed by atoms with Gasteiger partial charge in [-0.1, -0.05) is 29.8 Å².